The molecule has 1 fully saturated rings. The molecule has 0 radical (unpaired) electrons. The number of amides is 2. The third-order valence-electron chi connectivity index (χ3n) is 5.05. The minimum absolute atomic E-state index is 0.0837. The van der Waals surface area contributed by atoms with Gasteiger partial charge in [0.05, 0.1) is 21.3 Å². The summed E-state index contributed by atoms with van der Waals surface area (Å²) in [5.41, 5.74) is 0.992. The lowest BCUT2D eigenvalue weighted by Gasteiger charge is -2.23. The van der Waals surface area contributed by atoms with Gasteiger partial charge >= 0.3 is 0 Å². The lowest BCUT2D eigenvalue weighted by Crippen LogP contribution is -2.37. The van der Waals surface area contributed by atoms with Crippen molar-refractivity contribution in [2.75, 3.05) is 47.5 Å². The van der Waals surface area contributed by atoms with Crippen LogP contribution in [0.1, 0.15) is 27.1 Å². The highest BCUT2D eigenvalue weighted by atomic mass is 35.5. The van der Waals surface area contributed by atoms with Crippen molar-refractivity contribution in [3.8, 4) is 17.2 Å². The molecule has 1 aliphatic heterocycles. The largest absolute Gasteiger partial charge is 0.493 e. The zero-order chi connectivity index (χ0) is 21.7. The second-order valence-corrected chi connectivity index (χ2v) is 7.30. The number of methoxy groups -OCH3 is 3. The van der Waals surface area contributed by atoms with Crippen molar-refractivity contribution in [2.24, 2.45) is 0 Å². The topological polar surface area (TPSA) is 68.3 Å². The fourth-order valence-corrected chi connectivity index (χ4v) is 3.71. The summed E-state index contributed by atoms with van der Waals surface area (Å²) in [6.07, 6.45) is 0.683. The van der Waals surface area contributed by atoms with E-state index in [0.29, 0.717) is 66.0 Å². The zero-order valence-corrected chi connectivity index (χ0v) is 18.1. The van der Waals surface area contributed by atoms with Crippen molar-refractivity contribution in [1.82, 2.24) is 9.80 Å². The van der Waals surface area contributed by atoms with E-state index in [1.165, 1.54) is 21.3 Å². The van der Waals surface area contributed by atoms with Gasteiger partial charge in [0, 0.05) is 42.3 Å². The average Bonchev–Trinajstić information content (AvgIpc) is 3.03. The van der Waals surface area contributed by atoms with Crippen LogP contribution in [0.2, 0.25) is 5.02 Å². The van der Waals surface area contributed by atoms with Crippen LogP contribution >= 0.6 is 11.6 Å². The lowest BCUT2D eigenvalue weighted by atomic mass is 10.1. The Kier molecular flexibility index (Phi) is 7.05. The van der Waals surface area contributed by atoms with Crippen LogP contribution in [0.15, 0.2) is 36.4 Å². The number of hydrogen-bond acceptors (Lipinski definition) is 5. The van der Waals surface area contributed by atoms with E-state index in [1.807, 2.05) is 0 Å². The summed E-state index contributed by atoms with van der Waals surface area (Å²) in [5.74, 6) is 1.05. The summed E-state index contributed by atoms with van der Waals surface area (Å²) in [6, 6.07) is 10.2. The zero-order valence-electron chi connectivity index (χ0n) is 17.3. The van der Waals surface area contributed by atoms with Crippen LogP contribution in [0.4, 0.5) is 0 Å². The molecule has 7 nitrogen and oxygen atoms in total. The molecule has 160 valence electrons. The molecule has 1 heterocycles. The van der Waals surface area contributed by atoms with Crippen LogP contribution in [0.5, 0.6) is 17.2 Å². The van der Waals surface area contributed by atoms with Crippen molar-refractivity contribution in [3.05, 3.63) is 52.5 Å². The van der Waals surface area contributed by atoms with Gasteiger partial charge in [-0.3, -0.25) is 9.59 Å². The van der Waals surface area contributed by atoms with Crippen LogP contribution < -0.4 is 14.2 Å². The molecule has 0 N–H and O–H groups in total. The van der Waals surface area contributed by atoms with Gasteiger partial charge in [-0.2, -0.15) is 0 Å². The highest BCUT2D eigenvalue weighted by molar-refractivity contribution is 6.30. The first kappa shape index (κ1) is 21.8. The molecule has 2 aromatic rings. The highest BCUT2D eigenvalue weighted by Crippen LogP contribution is 2.38. The summed E-state index contributed by atoms with van der Waals surface area (Å²) < 4.78 is 16.0. The van der Waals surface area contributed by atoms with Crippen LogP contribution in [0.3, 0.4) is 0 Å². The van der Waals surface area contributed by atoms with E-state index < -0.39 is 0 Å². The lowest BCUT2D eigenvalue weighted by molar-refractivity contribution is 0.0718. The number of halogens is 1. The van der Waals surface area contributed by atoms with Gasteiger partial charge in [0.1, 0.15) is 0 Å². The fraction of sp³-hybridized carbons (Fsp3) is 0.364. The SMILES string of the molecule is COc1cc(C(=O)N2CCCN(C(=O)c3cccc(Cl)c3)CC2)cc(OC)c1OC. The van der Waals surface area contributed by atoms with Gasteiger partial charge < -0.3 is 24.0 Å². The Morgan fingerprint density at radius 3 is 1.87 bits per heavy atom. The average molecular weight is 433 g/mol. The Morgan fingerprint density at radius 1 is 0.800 bits per heavy atom. The molecule has 2 aromatic carbocycles. The minimum atomic E-state index is -0.147. The van der Waals surface area contributed by atoms with Crippen molar-refractivity contribution in [2.45, 2.75) is 6.42 Å². The second kappa shape index (κ2) is 9.71. The number of carbonyl (C=O) groups excluding carboxylic acids is 2. The highest BCUT2D eigenvalue weighted by Gasteiger charge is 2.25. The van der Waals surface area contributed by atoms with Crippen LogP contribution in [0.25, 0.3) is 0 Å². The first-order chi connectivity index (χ1) is 14.5. The van der Waals surface area contributed by atoms with Gasteiger partial charge in [-0.05, 0) is 36.8 Å². The van der Waals surface area contributed by atoms with Gasteiger partial charge in [0.2, 0.25) is 5.75 Å². The van der Waals surface area contributed by atoms with Gasteiger partial charge in [-0.25, -0.2) is 0 Å². The third-order valence-corrected chi connectivity index (χ3v) is 5.29. The number of rotatable bonds is 5. The second-order valence-electron chi connectivity index (χ2n) is 6.86. The predicted octanol–water partition coefficient (Wildman–Crippen LogP) is 3.35. The third kappa shape index (κ3) is 4.62. The fourth-order valence-electron chi connectivity index (χ4n) is 3.51. The van der Waals surface area contributed by atoms with E-state index in [1.54, 1.807) is 46.2 Å². The first-order valence-corrected chi connectivity index (χ1v) is 10.0. The smallest absolute Gasteiger partial charge is 0.254 e. The summed E-state index contributed by atoms with van der Waals surface area (Å²) in [6.45, 7) is 2.00. The van der Waals surface area contributed by atoms with E-state index >= 15 is 0 Å². The molecule has 0 saturated carbocycles. The monoisotopic (exact) mass is 432 g/mol. The van der Waals surface area contributed by atoms with Crippen LogP contribution in [-0.4, -0.2) is 69.1 Å². The van der Waals surface area contributed by atoms with Crippen LogP contribution in [-0.2, 0) is 0 Å². The Morgan fingerprint density at radius 2 is 1.37 bits per heavy atom. The molecule has 1 saturated heterocycles. The van der Waals surface area contributed by atoms with E-state index in [2.05, 4.69) is 0 Å². The van der Waals surface area contributed by atoms with Crippen molar-refractivity contribution >= 4 is 23.4 Å². The van der Waals surface area contributed by atoms with Crippen molar-refractivity contribution in [3.63, 3.8) is 0 Å². The molecule has 0 aliphatic carbocycles. The molecule has 0 unspecified atom stereocenters. The molecule has 2 amide bonds. The first-order valence-electron chi connectivity index (χ1n) is 9.62. The number of hydrogen-bond donors (Lipinski definition) is 0. The van der Waals surface area contributed by atoms with Crippen molar-refractivity contribution in [1.29, 1.82) is 0 Å². The Balaban J connectivity index is 1.75. The molecule has 1 aliphatic rings. The van der Waals surface area contributed by atoms with E-state index in [-0.39, 0.29) is 11.8 Å². The molecule has 8 heteroatoms. The number of ether oxygens (including phenoxy) is 3. The quantitative estimate of drug-likeness (QED) is 0.724. The molecule has 0 aromatic heterocycles. The number of benzene rings is 2. The molecule has 0 atom stereocenters. The van der Waals surface area contributed by atoms with Gasteiger partial charge in [0.15, 0.2) is 11.5 Å². The van der Waals surface area contributed by atoms with Crippen molar-refractivity contribution < 1.29 is 23.8 Å². The van der Waals surface area contributed by atoms with Gasteiger partial charge in [-0.1, -0.05) is 17.7 Å². The van der Waals surface area contributed by atoms with Crippen LogP contribution in [0, 0.1) is 0 Å². The summed E-state index contributed by atoms with van der Waals surface area (Å²) >= 11 is 6.01. The molecular weight excluding hydrogens is 408 g/mol. The standard InChI is InChI=1S/C22H25ClN2O5/c1-28-18-13-16(14-19(29-2)20(18)30-3)22(27)25-9-5-8-24(10-11-25)21(26)15-6-4-7-17(23)12-15/h4,6-7,12-14H,5,8-11H2,1-3H3. The molecular formula is C22H25ClN2O5. The molecule has 3 rings (SSSR count). The number of carbonyl (C=O) groups is 2. The maximum atomic E-state index is 13.1. The number of nitrogens with zero attached hydrogens (tertiary/aromatic N) is 2. The van der Waals surface area contributed by atoms with E-state index in [9.17, 15) is 9.59 Å². The summed E-state index contributed by atoms with van der Waals surface area (Å²) in [7, 11) is 4.54. The normalized spacial score (nSPS) is 14.1. The maximum Gasteiger partial charge on any atom is 0.254 e. The minimum Gasteiger partial charge on any atom is -0.493 e. The Labute approximate surface area is 181 Å². The van der Waals surface area contributed by atoms with E-state index in [4.69, 9.17) is 25.8 Å². The van der Waals surface area contributed by atoms with Gasteiger partial charge in [0.25, 0.3) is 11.8 Å². The molecule has 0 spiro atoms. The summed E-state index contributed by atoms with van der Waals surface area (Å²) in [5, 5.41) is 0.523. The Bertz CT molecular complexity index is 908. The molecule has 30 heavy (non-hydrogen) atoms. The maximum absolute atomic E-state index is 13.1. The molecule has 0 bridgehead atoms. The van der Waals surface area contributed by atoms with E-state index in [0.717, 1.165) is 0 Å². The predicted molar refractivity (Wildman–Crippen MR) is 114 cm³/mol. The summed E-state index contributed by atoms with van der Waals surface area (Å²) in [4.78, 5) is 29.4. The Hall–Kier alpha value is -2.93. The van der Waals surface area contributed by atoms with Gasteiger partial charge in [-0.15, -0.1) is 0 Å².